The van der Waals surface area contributed by atoms with Crippen molar-refractivity contribution in [2.24, 2.45) is 5.73 Å². The number of nitrogens with zero attached hydrogens (tertiary/aromatic N) is 1. The highest BCUT2D eigenvalue weighted by atomic mass is 32.2. The topological polar surface area (TPSA) is 95.7 Å². The van der Waals surface area contributed by atoms with Crippen LogP contribution in [-0.2, 0) is 4.79 Å². The Kier molecular flexibility index (Phi) is 19.0. The molecule has 0 atom stereocenters. The summed E-state index contributed by atoms with van der Waals surface area (Å²) in [5, 5.41) is 10.6. The van der Waals surface area contributed by atoms with E-state index in [-0.39, 0.29) is 5.91 Å². The molecule has 1 aromatic rings. The lowest BCUT2D eigenvalue weighted by molar-refractivity contribution is -0.124. The van der Waals surface area contributed by atoms with E-state index in [0.717, 1.165) is 37.9 Å². The van der Waals surface area contributed by atoms with Crippen molar-refractivity contribution < 1.29 is 14.7 Å². The van der Waals surface area contributed by atoms with Crippen LogP contribution in [0.15, 0.2) is 29.2 Å². The van der Waals surface area contributed by atoms with E-state index in [0.29, 0.717) is 18.7 Å². The van der Waals surface area contributed by atoms with E-state index in [1.165, 1.54) is 80.5 Å². The lowest BCUT2D eigenvalue weighted by Gasteiger charge is -2.21. The maximum atomic E-state index is 12.2. The molecule has 0 fully saturated rings. The maximum absolute atomic E-state index is 12.2. The van der Waals surface area contributed by atoms with Gasteiger partial charge in [-0.05, 0) is 49.3 Å². The highest BCUT2D eigenvalue weighted by Crippen LogP contribution is 2.22. The summed E-state index contributed by atoms with van der Waals surface area (Å²) in [5.41, 5.74) is 8.12. The molecule has 0 saturated carbocycles. The number of nitrogens with two attached hydrogens (primary N) is 1. The number of phenolic OH excluding ortho intramolecular Hbond substituents is 1. The summed E-state index contributed by atoms with van der Waals surface area (Å²) >= 11 is 1.84. The highest BCUT2D eigenvalue weighted by Gasteiger charge is 2.12. The van der Waals surface area contributed by atoms with Crippen molar-refractivity contribution in [2.75, 3.05) is 12.3 Å². The minimum Gasteiger partial charge on any atom is -0.508 e. The number of thioether (sulfide) groups is 1. The Morgan fingerprint density at radius 3 is 1.89 bits per heavy atom. The van der Waals surface area contributed by atoms with Crippen LogP contribution in [0.2, 0.25) is 0 Å². The number of hydrogen-bond acceptors (Lipinski definition) is 4. The molecule has 1 rings (SSSR count). The third-order valence-corrected chi connectivity index (χ3v) is 7.26. The Morgan fingerprint density at radius 1 is 0.800 bits per heavy atom. The first-order valence-electron chi connectivity index (χ1n) is 13.8. The number of nitrogens with one attached hydrogen (secondary N) is 1. The molecule has 7 heteroatoms. The number of carbonyl (C=O) groups is 2. The standard InChI is InChI=1S/C28H49N3O3S/c1-2-3-4-5-6-10-13-16-23-31(28(29)34)30-27(33)18-15-12-9-7-8-11-14-17-24-35-26-21-19-25(32)20-22-26/h19-22,32H,2-18,23-24H2,1H3,(H2,29,34)(H,30,33). The number of aromatic hydroxyl groups is 1. The van der Waals surface area contributed by atoms with Gasteiger partial charge in [0.15, 0.2) is 0 Å². The highest BCUT2D eigenvalue weighted by molar-refractivity contribution is 7.99. The van der Waals surface area contributed by atoms with Gasteiger partial charge in [-0.1, -0.05) is 90.4 Å². The summed E-state index contributed by atoms with van der Waals surface area (Å²) in [5.74, 6) is 1.31. The van der Waals surface area contributed by atoms with Gasteiger partial charge in [-0.25, -0.2) is 9.80 Å². The van der Waals surface area contributed by atoms with Gasteiger partial charge < -0.3 is 10.8 Å². The van der Waals surface area contributed by atoms with E-state index in [2.05, 4.69) is 12.3 Å². The van der Waals surface area contributed by atoms with Crippen LogP contribution in [0.1, 0.15) is 116 Å². The van der Waals surface area contributed by atoms with Gasteiger partial charge >= 0.3 is 6.03 Å². The van der Waals surface area contributed by atoms with Crippen LogP contribution in [0.5, 0.6) is 5.75 Å². The summed E-state index contributed by atoms with van der Waals surface area (Å²) in [7, 11) is 0. The largest absolute Gasteiger partial charge is 0.508 e. The molecule has 6 nitrogen and oxygen atoms in total. The first-order valence-corrected chi connectivity index (χ1v) is 14.8. The molecule has 35 heavy (non-hydrogen) atoms. The van der Waals surface area contributed by atoms with Gasteiger partial charge in [-0.2, -0.15) is 0 Å². The third-order valence-electron chi connectivity index (χ3n) is 6.16. The molecule has 0 aliphatic rings. The van der Waals surface area contributed by atoms with Crippen molar-refractivity contribution in [1.29, 1.82) is 0 Å². The van der Waals surface area contributed by atoms with E-state index in [1.807, 2.05) is 23.9 Å². The molecule has 3 amide bonds. The first-order chi connectivity index (χ1) is 17.0. The number of hydrazine groups is 1. The molecule has 0 unspecified atom stereocenters. The van der Waals surface area contributed by atoms with Gasteiger partial charge in [-0.15, -0.1) is 11.8 Å². The molecule has 4 N–H and O–H groups in total. The molecule has 0 aliphatic carbocycles. The summed E-state index contributed by atoms with van der Waals surface area (Å²) in [6, 6.07) is 6.81. The molecule has 0 heterocycles. The van der Waals surface area contributed by atoms with Crippen molar-refractivity contribution in [3.8, 4) is 5.75 Å². The molecule has 200 valence electrons. The number of hydrogen-bond donors (Lipinski definition) is 3. The third kappa shape index (κ3) is 18.1. The van der Waals surface area contributed by atoms with E-state index in [4.69, 9.17) is 5.73 Å². The van der Waals surface area contributed by atoms with Crippen LogP contribution in [0.25, 0.3) is 0 Å². The fourth-order valence-electron chi connectivity index (χ4n) is 4.01. The molecule has 0 saturated heterocycles. The summed E-state index contributed by atoms with van der Waals surface area (Å²) in [4.78, 5) is 25.0. The number of primary amides is 1. The minimum atomic E-state index is -0.581. The van der Waals surface area contributed by atoms with Crippen molar-refractivity contribution in [2.45, 2.75) is 121 Å². The van der Waals surface area contributed by atoms with E-state index in [9.17, 15) is 14.7 Å². The van der Waals surface area contributed by atoms with Gasteiger partial charge in [-0.3, -0.25) is 10.2 Å². The predicted molar refractivity (Wildman–Crippen MR) is 147 cm³/mol. The van der Waals surface area contributed by atoms with Crippen molar-refractivity contribution in [1.82, 2.24) is 10.4 Å². The molecular weight excluding hydrogens is 458 g/mol. The quantitative estimate of drug-likeness (QED) is 0.0909. The minimum absolute atomic E-state index is 0.116. The molecule has 0 aliphatic heterocycles. The van der Waals surface area contributed by atoms with Crippen LogP contribution in [0.4, 0.5) is 4.79 Å². The van der Waals surface area contributed by atoms with Gasteiger partial charge in [0, 0.05) is 17.9 Å². The van der Waals surface area contributed by atoms with E-state index in [1.54, 1.807) is 12.1 Å². The average molecular weight is 508 g/mol. The average Bonchev–Trinajstić information content (AvgIpc) is 2.84. The first kappa shape index (κ1) is 31.1. The Hall–Kier alpha value is -1.89. The lowest BCUT2D eigenvalue weighted by Crippen LogP contribution is -2.49. The Balaban J connectivity index is 1.94. The van der Waals surface area contributed by atoms with Gasteiger partial charge in [0.05, 0.1) is 0 Å². The monoisotopic (exact) mass is 507 g/mol. The van der Waals surface area contributed by atoms with Crippen molar-refractivity contribution in [3.05, 3.63) is 24.3 Å². The fraction of sp³-hybridized carbons (Fsp3) is 0.714. The second-order valence-electron chi connectivity index (χ2n) is 9.42. The fourth-order valence-corrected chi connectivity index (χ4v) is 4.92. The predicted octanol–water partition coefficient (Wildman–Crippen LogP) is 7.55. The zero-order valence-corrected chi connectivity index (χ0v) is 22.8. The Labute approximate surface area is 217 Å². The van der Waals surface area contributed by atoms with Crippen LogP contribution >= 0.6 is 11.8 Å². The molecular formula is C28H49N3O3S. The normalized spacial score (nSPS) is 10.9. The summed E-state index contributed by atoms with van der Waals surface area (Å²) < 4.78 is 0. The van der Waals surface area contributed by atoms with Crippen LogP contribution < -0.4 is 11.2 Å². The number of benzene rings is 1. The number of carbonyl (C=O) groups excluding carboxylic acids is 2. The van der Waals surface area contributed by atoms with Gasteiger partial charge in [0.1, 0.15) is 5.75 Å². The van der Waals surface area contributed by atoms with Gasteiger partial charge in [0.2, 0.25) is 5.91 Å². The maximum Gasteiger partial charge on any atom is 0.333 e. The number of urea groups is 1. The van der Waals surface area contributed by atoms with Crippen LogP contribution in [-0.4, -0.2) is 34.4 Å². The van der Waals surface area contributed by atoms with Gasteiger partial charge in [0.25, 0.3) is 0 Å². The summed E-state index contributed by atoms with van der Waals surface area (Å²) in [6.45, 7) is 2.71. The smallest absolute Gasteiger partial charge is 0.333 e. The van der Waals surface area contributed by atoms with Crippen LogP contribution in [0.3, 0.4) is 0 Å². The molecule has 0 spiro atoms. The number of phenols is 1. The van der Waals surface area contributed by atoms with Crippen LogP contribution in [0, 0.1) is 0 Å². The number of rotatable bonds is 21. The zero-order chi connectivity index (χ0) is 25.6. The number of unbranched alkanes of at least 4 members (excludes halogenated alkanes) is 14. The molecule has 0 radical (unpaired) electrons. The second-order valence-corrected chi connectivity index (χ2v) is 10.6. The Morgan fingerprint density at radius 2 is 1.31 bits per heavy atom. The number of amides is 3. The van der Waals surface area contributed by atoms with E-state index < -0.39 is 6.03 Å². The molecule has 0 aromatic heterocycles. The summed E-state index contributed by atoms with van der Waals surface area (Å²) in [6.07, 6.45) is 19.1. The lowest BCUT2D eigenvalue weighted by atomic mass is 10.1. The van der Waals surface area contributed by atoms with Crippen molar-refractivity contribution >= 4 is 23.7 Å². The Bertz CT molecular complexity index is 670. The van der Waals surface area contributed by atoms with Crippen molar-refractivity contribution in [3.63, 3.8) is 0 Å². The SMILES string of the molecule is CCCCCCCCCCN(NC(=O)CCCCCCCCCCSc1ccc(O)cc1)C(N)=O. The van der Waals surface area contributed by atoms with E-state index >= 15 is 0 Å². The zero-order valence-electron chi connectivity index (χ0n) is 21.9. The molecule has 1 aromatic carbocycles. The molecule has 0 bridgehead atoms. The second kappa shape index (κ2) is 21.4.